The Morgan fingerprint density at radius 3 is 2.38 bits per heavy atom. The van der Waals surface area contributed by atoms with E-state index in [1.54, 1.807) is 24.3 Å². The Balaban J connectivity index is 1.70. The molecule has 0 atom stereocenters. The van der Waals surface area contributed by atoms with Crippen LogP contribution in [0.1, 0.15) is 15.9 Å². The molecule has 0 radical (unpaired) electrons. The van der Waals surface area contributed by atoms with Crippen molar-refractivity contribution in [1.29, 1.82) is 0 Å². The lowest BCUT2D eigenvalue weighted by molar-refractivity contribution is 0.0962. The van der Waals surface area contributed by atoms with Crippen LogP contribution in [0.25, 0.3) is 0 Å². The SMILES string of the molecule is CN(Cc1ccccc1)c1ncnc(NNC(=O)c2ccccc2)c1N. The fourth-order valence-electron chi connectivity index (χ4n) is 2.50. The Morgan fingerprint density at radius 1 is 1.04 bits per heavy atom. The molecule has 1 aromatic heterocycles. The number of aromatic nitrogens is 2. The fourth-order valence-corrected chi connectivity index (χ4v) is 2.50. The minimum atomic E-state index is -0.275. The molecule has 0 unspecified atom stereocenters. The number of nitrogens with zero attached hydrogens (tertiary/aromatic N) is 3. The van der Waals surface area contributed by atoms with E-state index in [0.717, 1.165) is 5.56 Å². The lowest BCUT2D eigenvalue weighted by Gasteiger charge is -2.21. The summed E-state index contributed by atoms with van der Waals surface area (Å²) >= 11 is 0. The Hall–Kier alpha value is -3.61. The third kappa shape index (κ3) is 4.07. The maximum Gasteiger partial charge on any atom is 0.269 e. The molecule has 1 amide bonds. The summed E-state index contributed by atoms with van der Waals surface area (Å²) in [5.41, 5.74) is 13.6. The molecule has 0 saturated heterocycles. The van der Waals surface area contributed by atoms with E-state index in [1.807, 2.05) is 48.3 Å². The first-order valence-corrected chi connectivity index (χ1v) is 8.12. The molecule has 4 N–H and O–H groups in total. The molecule has 0 bridgehead atoms. The number of carbonyl (C=O) groups excluding carboxylic acids is 1. The summed E-state index contributed by atoms with van der Waals surface area (Å²) in [6.45, 7) is 0.651. The quantitative estimate of drug-likeness (QED) is 0.592. The predicted octanol–water partition coefficient (Wildman–Crippen LogP) is 2.45. The zero-order valence-corrected chi connectivity index (χ0v) is 14.4. The van der Waals surface area contributed by atoms with Gasteiger partial charge in [0, 0.05) is 19.2 Å². The summed E-state index contributed by atoms with van der Waals surface area (Å²) in [6.07, 6.45) is 1.41. The highest BCUT2D eigenvalue weighted by Gasteiger charge is 2.13. The average Bonchev–Trinajstić information content (AvgIpc) is 2.68. The first kappa shape index (κ1) is 17.2. The topological polar surface area (TPSA) is 96.2 Å². The Labute approximate surface area is 151 Å². The minimum Gasteiger partial charge on any atom is -0.393 e. The number of nitrogens with one attached hydrogen (secondary N) is 2. The van der Waals surface area contributed by atoms with Gasteiger partial charge < -0.3 is 10.6 Å². The third-order valence-corrected chi connectivity index (χ3v) is 3.82. The lowest BCUT2D eigenvalue weighted by Crippen LogP contribution is -2.30. The van der Waals surface area contributed by atoms with Crippen molar-refractivity contribution in [1.82, 2.24) is 15.4 Å². The largest absolute Gasteiger partial charge is 0.393 e. The van der Waals surface area contributed by atoms with E-state index in [0.29, 0.717) is 29.4 Å². The van der Waals surface area contributed by atoms with E-state index >= 15 is 0 Å². The van der Waals surface area contributed by atoms with Crippen LogP contribution in [0.2, 0.25) is 0 Å². The lowest BCUT2D eigenvalue weighted by atomic mass is 10.2. The number of rotatable bonds is 6. The summed E-state index contributed by atoms with van der Waals surface area (Å²) in [6, 6.07) is 18.9. The van der Waals surface area contributed by atoms with Gasteiger partial charge in [0.2, 0.25) is 0 Å². The molecule has 132 valence electrons. The summed E-state index contributed by atoms with van der Waals surface area (Å²) in [5.74, 6) is 0.655. The molecular weight excluding hydrogens is 328 g/mol. The van der Waals surface area contributed by atoms with Crippen LogP contribution in [-0.4, -0.2) is 22.9 Å². The number of carbonyl (C=O) groups is 1. The Bertz CT molecular complexity index is 870. The van der Waals surface area contributed by atoms with Crippen LogP contribution in [0, 0.1) is 0 Å². The number of benzene rings is 2. The van der Waals surface area contributed by atoms with Crippen LogP contribution in [-0.2, 0) is 6.54 Å². The van der Waals surface area contributed by atoms with Gasteiger partial charge in [-0.15, -0.1) is 0 Å². The molecule has 3 rings (SSSR count). The molecule has 3 aromatic rings. The van der Waals surface area contributed by atoms with Crippen LogP contribution in [0.3, 0.4) is 0 Å². The number of hydrogen-bond acceptors (Lipinski definition) is 6. The minimum absolute atomic E-state index is 0.275. The third-order valence-electron chi connectivity index (χ3n) is 3.82. The molecule has 7 heteroatoms. The normalized spacial score (nSPS) is 10.2. The van der Waals surface area contributed by atoms with Gasteiger partial charge in [-0.1, -0.05) is 48.5 Å². The highest BCUT2D eigenvalue weighted by molar-refractivity contribution is 5.95. The van der Waals surface area contributed by atoms with Gasteiger partial charge in [0.05, 0.1) is 0 Å². The molecule has 0 aliphatic heterocycles. The molecule has 1 heterocycles. The van der Waals surface area contributed by atoms with Gasteiger partial charge in [-0.3, -0.25) is 15.6 Å². The van der Waals surface area contributed by atoms with E-state index in [4.69, 9.17) is 5.73 Å². The van der Waals surface area contributed by atoms with Crippen molar-refractivity contribution in [2.75, 3.05) is 23.1 Å². The Kier molecular flexibility index (Phi) is 5.28. The molecule has 0 aliphatic rings. The molecule has 0 saturated carbocycles. The number of amides is 1. The zero-order chi connectivity index (χ0) is 18.4. The molecule has 26 heavy (non-hydrogen) atoms. The average molecular weight is 348 g/mol. The van der Waals surface area contributed by atoms with Crippen molar-refractivity contribution >= 4 is 23.2 Å². The molecule has 0 fully saturated rings. The second kappa shape index (κ2) is 7.98. The predicted molar refractivity (Wildman–Crippen MR) is 103 cm³/mol. The van der Waals surface area contributed by atoms with Crippen LogP contribution >= 0.6 is 0 Å². The Morgan fingerprint density at radius 2 is 1.69 bits per heavy atom. The zero-order valence-electron chi connectivity index (χ0n) is 14.4. The standard InChI is InChI=1S/C19H20N6O/c1-25(12-14-8-4-2-5-9-14)18-16(20)17(21-13-22-18)23-24-19(26)15-10-6-3-7-11-15/h2-11,13H,12,20H2,1H3,(H,24,26)(H,21,22,23). The van der Waals surface area contributed by atoms with E-state index in [2.05, 4.69) is 20.8 Å². The first-order valence-electron chi connectivity index (χ1n) is 8.12. The van der Waals surface area contributed by atoms with Crippen LogP contribution in [0.5, 0.6) is 0 Å². The molecule has 0 spiro atoms. The number of nitrogen functional groups attached to an aromatic ring is 1. The first-order chi connectivity index (χ1) is 12.6. The second-order valence-electron chi connectivity index (χ2n) is 5.75. The smallest absolute Gasteiger partial charge is 0.269 e. The van der Waals surface area contributed by atoms with Crippen molar-refractivity contribution in [3.05, 3.63) is 78.1 Å². The summed E-state index contributed by atoms with van der Waals surface area (Å²) < 4.78 is 0. The maximum atomic E-state index is 12.1. The van der Waals surface area contributed by atoms with Gasteiger partial charge in [0.1, 0.15) is 12.0 Å². The summed E-state index contributed by atoms with van der Waals surface area (Å²) in [4.78, 5) is 22.4. The highest BCUT2D eigenvalue weighted by atomic mass is 16.2. The van der Waals surface area contributed by atoms with E-state index in [1.165, 1.54) is 6.33 Å². The summed E-state index contributed by atoms with van der Waals surface area (Å²) in [7, 11) is 1.90. The fraction of sp³-hybridized carbons (Fsp3) is 0.105. The monoisotopic (exact) mass is 348 g/mol. The van der Waals surface area contributed by atoms with Gasteiger partial charge in [-0.2, -0.15) is 0 Å². The maximum absolute atomic E-state index is 12.1. The number of hydrogen-bond donors (Lipinski definition) is 3. The van der Waals surface area contributed by atoms with E-state index in [-0.39, 0.29) is 5.91 Å². The van der Waals surface area contributed by atoms with Gasteiger partial charge in [0.15, 0.2) is 11.6 Å². The van der Waals surface area contributed by atoms with Gasteiger partial charge in [-0.25, -0.2) is 9.97 Å². The summed E-state index contributed by atoms with van der Waals surface area (Å²) in [5, 5.41) is 0. The number of nitrogens with two attached hydrogens (primary N) is 1. The number of hydrazine groups is 1. The van der Waals surface area contributed by atoms with Gasteiger partial charge in [0.25, 0.3) is 5.91 Å². The van der Waals surface area contributed by atoms with Crippen molar-refractivity contribution in [3.8, 4) is 0 Å². The van der Waals surface area contributed by atoms with E-state index < -0.39 is 0 Å². The molecule has 7 nitrogen and oxygen atoms in total. The molecule has 0 aliphatic carbocycles. The van der Waals surface area contributed by atoms with E-state index in [9.17, 15) is 4.79 Å². The van der Waals surface area contributed by atoms with Gasteiger partial charge in [-0.05, 0) is 17.7 Å². The van der Waals surface area contributed by atoms with Crippen molar-refractivity contribution in [3.63, 3.8) is 0 Å². The highest BCUT2D eigenvalue weighted by Crippen LogP contribution is 2.25. The van der Waals surface area contributed by atoms with Gasteiger partial charge >= 0.3 is 0 Å². The van der Waals surface area contributed by atoms with Crippen LogP contribution in [0.4, 0.5) is 17.3 Å². The van der Waals surface area contributed by atoms with Crippen molar-refractivity contribution < 1.29 is 4.79 Å². The molecule has 2 aromatic carbocycles. The van der Waals surface area contributed by atoms with Crippen molar-refractivity contribution in [2.24, 2.45) is 0 Å². The van der Waals surface area contributed by atoms with Crippen LogP contribution in [0.15, 0.2) is 67.0 Å². The van der Waals surface area contributed by atoms with Crippen molar-refractivity contribution in [2.45, 2.75) is 6.54 Å². The number of anilines is 3. The van der Waals surface area contributed by atoms with Crippen LogP contribution < -0.4 is 21.5 Å². The second-order valence-corrected chi connectivity index (χ2v) is 5.75. The molecular formula is C19H20N6O.